The van der Waals surface area contributed by atoms with Crippen molar-refractivity contribution in [3.8, 4) is 0 Å². The molecule has 1 aliphatic carbocycles. The Balaban J connectivity index is 1.87. The van der Waals surface area contributed by atoms with Crippen molar-refractivity contribution >= 4 is 11.6 Å². The number of ether oxygens (including phenoxy) is 1. The van der Waals surface area contributed by atoms with Crippen molar-refractivity contribution in [2.75, 3.05) is 6.61 Å². The average molecular weight is 423 g/mol. The number of aliphatic hydroxyl groups is 4. The Morgan fingerprint density at radius 2 is 1.69 bits per heavy atom. The molecular formula is C23H31ClO5. The standard InChI is InChI=1S/C23H31ClO5/c1-4-14-5-7-15(8-6-14)10-16-11-23(3,13(2)9-17(16)24)22-21(28)20(27)19(26)18(12-25)29-22/h5-9,18-22,25-28H,4,10-12H2,1-3H3. The van der Waals surface area contributed by atoms with Gasteiger partial charge >= 0.3 is 0 Å². The first-order valence-corrected chi connectivity index (χ1v) is 10.5. The number of benzene rings is 1. The van der Waals surface area contributed by atoms with Gasteiger partial charge in [0.05, 0.1) is 12.7 Å². The van der Waals surface area contributed by atoms with Crippen molar-refractivity contribution in [3.05, 3.63) is 57.6 Å². The number of rotatable bonds is 5. The van der Waals surface area contributed by atoms with Crippen molar-refractivity contribution in [1.29, 1.82) is 0 Å². The second-order valence-electron chi connectivity index (χ2n) is 8.47. The van der Waals surface area contributed by atoms with Crippen LogP contribution in [0.4, 0.5) is 0 Å². The minimum absolute atomic E-state index is 0.437. The van der Waals surface area contributed by atoms with E-state index < -0.39 is 42.5 Å². The second-order valence-corrected chi connectivity index (χ2v) is 8.88. The van der Waals surface area contributed by atoms with Gasteiger partial charge in [0.15, 0.2) is 0 Å². The quantitative estimate of drug-likeness (QED) is 0.585. The number of aryl methyl sites for hydroxylation is 1. The normalized spacial score (nSPS) is 35.6. The monoisotopic (exact) mass is 422 g/mol. The molecule has 4 N–H and O–H groups in total. The molecule has 0 amide bonds. The van der Waals surface area contributed by atoms with Gasteiger partial charge in [0, 0.05) is 10.4 Å². The molecule has 1 saturated heterocycles. The van der Waals surface area contributed by atoms with E-state index in [0.717, 1.165) is 23.1 Å². The maximum Gasteiger partial charge on any atom is 0.111 e. The Labute approximate surface area is 177 Å². The van der Waals surface area contributed by atoms with Gasteiger partial charge in [-0.05, 0) is 49.0 Å². The molecule has 1 aromatic rings. The Morgan fingerprint density at radius 1 is 1.07 bits per heavy atom. The first-order chi connectivity index (χ1) is 13.7. The van der Waals surface area contributed by atoms with E-state index in [4.69, 9.17) is 16.3 Å². The number of aliphatic hydroxyl groups excluding tert-OH is 4. The van der Waals surface area contributed by atoms with Crippen molar-refractivity contribution < 1.29 is 25.2 Å². The van der Waals surface area contributed by atoms with Crippen LogP contribution in [-0.2, 0) is 17.6 Å². The molecule has 5 nitrogen and oxygen atoms in total. The summed E-state index contributed by atoms with van der Waals surface area (Å²) in [6.45, 7) is 5.58. The summed E-state index contributed by atoms with van der Waals surface area (Å²) in [5.41, 5.74) is 3.75. The lowest BCUT2D eigenvalue weighted by Crippen LogP contribution is -2.62. The predicted octanol–water partition coefficient (Wildman–Crippen LogP) is 2.48. The summed E-state index contributed by atoms with van der Waals surface area (Å²) >= 11 is 6.57. The highest BCUT2D eigenvalue weighted by Gasteiger charge is 2.52. The Morgan fingerprint density at radius 3 is 2.28 bits per heavy atom. The first-order valence-electron chi connectivity index (χ1n) is 10.2. The van der Waals surface area contributed by atoms with Crippen LogP contribution in [-0.4, -0.2) is 57.6 Å². The van der Waals surface area contributed by atoms with Gasteiger partial charge in [-0.3, -0.25) is 0 Å². The first kappa shape index (κ1) is 22.5. The molecule has 0 spiro atoms. The van der Waals surface area contributed by atoms with Crippen LogP contribution in [0.2, 0.25) is 0 Å². The molecule has 2 aliphatic rings. The SMILES string of the molecule is CCc1ccc(CC2=C(Cl)C=C(C)C(C)(C3OC(CO)C(O)C(O)C3O)C2)cc1. The molecule has 6 heteroatoms. The molecule has 6 atom stereocenters. The third kappa shape index (κ3) is 4.31. The molecule has 6 unspecified atom stereocenters. The van der Waals surface area contributed by atoms with Crippen LogP contribution in [0, 0.1) is 5.41 Å². The highest BCUT2D eigenvalue weighted by atomic mass is 35.5. The molecule has 29 heavy (non-hydrogen) atoms. The highest BCUT2D eigenvalue weighted by Crippen LogP contribution is 2.48. The third-order valence-corrected chi connectivity index (χ3v) is 6.91. The van der Waals surface area contributed by atoms with Crippen molar-refractivity contribution in [3.63, 3.8) is 0 Å². The van der Waals surface area contributed by atoms with Gasteiger partial charge in [-0.2, -0.15) is 0 Å². The Kier molecular flexibility index (Phi) is 6.88. The van der Waals surface area contributed by atoms with E-state index in [1.807, 2.05) is 19.9 Å². The van der Waals surface area contributed by atoms with Crippen LogP contribution in [0.1, 0.15) is 38.3 Å². The van der Waals surface area contributed by atoms with Crippen LogP contribution in [0.15, 0.2) is 46.5 Å². The fourth-order valence-corrected chi connectivity index (χ4v) is 4.66. The maximum atomic E-state index is 10.7. The molecule has 3 rings (SSSR count). The van der Waals surface area contributed by atoms with Gasteiger partial charge in [0.2, 0.25) is 0 Å². The lowest BCUT2D eigenvalue weighted by atomic mass is 9.66. The molecule has 1 aliphatic heterocycles. The Bertz CT molecular complexity index is 785. The van der Waals surface area contributed by atoms with Crippen molar-refractivity contribution in [2.45, 2.75) is 70.6 Å². The highest BCUT2D eigenvalue weighted by molar-refractivity contribution is 6.31. The van der Waals surface area contributed by atoms with E-state index in [-0.39, 0.29) is 0 Å². The topological polar surface area (TPSA) is 90.2 Å². The largest absolute Gasteiger partial charge is 0.394 e. The van der Waals surface area contributed by atoms with Gasteiger partial charge < -0.3 is 25.2 Å². The number of hydrogen-bond acceptors (Lipinski definition) is 5. The minimum Gasteiger partial charge on any atom is -0.394 e. The lowest BCUT2D eigenvalue weighted by Gasteiger charge is -2.49. The summed E-state index contributed by atoms with van der Waals surface area (Å²) in [6.07, 6.45) is -1.62. The Hall–Kier alpha value is -1.21. The number of hydrogen-bond donors (Lipinski definition) is 4. The predicted molar refractivity (Wildman–Crippen MR) is 113 cm³/mol. The fourth-order valence-electron chi connectivity index (χ4n) is 4.36. The average Bonchev–Trinajstić information content (AvgIpc) is 2.71. The molecule has 0 bridgehead atoms. The lowest BCUT2D eigenvalue weighted by molar-refractivity contribution is -0.250. The zero-order valence-electron chi connectivity index (χ0n) is 17.2. The van der Waals surface area contributed by atoms with Gasteiger partial charge in [-0.25, -0.2) is 0 Å². The maximum absolute atomic E-state index is 10.7. The van der Waals surface area contributed by atoms with Gasteiger partial charge in [-0.1, -0.05) is 55.3 Å². The zero-order chi connectivity index (χ0) is 21.3. The van der Waals surface area contributed by atoms with Gasteiger partial charge in [0.1, 0.15) is 24.4 Å². The van der Waals surface area contributed by atoms with E-state index >= 15 is 0 Å². The summed E-state index contributed by atoms with van der Waals surface area (Å²) in [6, 6.07) is 8.44. The summed E-state index contributed by atoms with van der Waals surface area (Å²) < 4.78 is 5.89. The van der Waals surface area contributed by atoms with E-state index in [1.165, 1.54) is 5.56 Å². The van der Waals surface area contributed by atoms with Crippen LogP contribution < -0.4 is 0 Å². The third-order valence-electron chi connectivity index (χ3n) is 6.53. The van der Waals surface area contributed by atoms with E-state index in [0.29, 0.717) is 17.9 Å². The molecule has 1 fully saturated rings. The molecule has 0 aromatic heterocycles. The molecule has 0 saturated carbocycles. The van der Waals surface area contributed by atoms with E-state index in [2.05, 4.69) is 31.2 Å². The number of halogens is 1. The summed E-state index contributed by atoms with van der Waals surface area (Å²) in [5, 5.41) is 41.3. The van der Waals surface area contributed by atoms with Crippen LogP contribution in [0.3, 0.4) is 0 Å². The summed E-state index contributed by atoms with van der Waals surface area (Å²) in [5.74, 6) is 0. The van der Waals surface area contributed by atoms with Gasteiger partial charge in [-0.15, -0.1) is 0 Å². The minimum atomic E-state index is -1.39. The van der Waals surface area contributed by atoms with Crippen LogP contribution >= 0.6 is 11.6 Å². The number of allylic oxidation sites excluding steroid dienone is 3. The molecule has 0 radical (unpaired) electrons. The molecule has 160 valence electrons. The fraction of sp³-hybridized carbons (Fsp3) is 0.565. The van der Waals surface area contributed by atoms with Crippen molar-refractivity contribution in [1.82, 2.24) is 0 Å². The van der Waals surface area contributed by atoms with Crippen LogP contribution in [0.25, 0.3) is 0 Å². The van der Waals surface area contributed by atoms with E-state index in [9.17, 15) is 20.4 Å². The van der Waals surface area contributed by atoms with E-state index in [1.54, 1.807) is 0 Å². The van der Waals surface area contributed by atoms with Crippen LogP contribution in [0.5, 0.6) is 0 Å². The summed E-state index contributed by atoms with van der Waals surface area (Å²) in [4.78, 5) is 0. The smallest absolute Gasteiger partial charge is 0.111 e. The molecular weight excluding hydrogens is 392 g/mol. The molecule has 1 heterocycles. The zero-order valence-corrected chi connectivity index (χ0v) is 17.9. The molecule has 1 aromatic carbocycles. The van der Waals surface area contributed by atoms with Crippen molar-refractivity contribution in [2.24, 2.45) is 5.41 Å². The summed E-state index contributed by atoms with van der Waals surface area (Å²) in [7, 11) is 0. The second kappa shape index (κ2) is 8.88. The van der Waals surface area contributed by atoms with Gasteiger partial charge in [0.25, 0.3) is 0 Å².